The molecule has 0 bridgehead atoms. The third kappa shape index (κ3) is 7.50. The first kappa shape index (κ1) is 14.7. The minimum Gasteiger partial charge on any atom is -0.370 e. The Hall–Kier alpha value is -0.410. The molecule has 1 aliphatic heterocycles. The number of hydrogen-bond acceptors (Lipinski definition) is 3. The number of piperidine rings is 1. The molecule has 0 radical (unpaired) electrons. The van der Waals surface area contributed by atoms with Gasteiger partial charge in [-0.2, -0.15) is 0 Å². The maximum absolute atomic E-state index is 11.6. The molecule has 0 aliphatic carbocycles. The van der Waals surface area contributed by atoms with E-state index in [4.69, 9.17) is 4.74 Å². The zero-order valence-electron chi connectivity index (χ0n) is 11.2. The molecule has 0 spiro atoms. The summed E-state index contributed by atoms with van der Waals surface area (Å²) < 4.78 is 5.63. The van der Waals surface area contributed by atoms with Crippen LogP contribution >= 0.6 is 0 Å². The van der Waals surface area contributed by atoms with E-state index in [0.29, 0.717) is 19.1 Å². The van der Waals surface area contributed by atoms with E-state index in [0.717, 1.165) is 32.4 Å². The van der Waals surface area contributed by atoms with Crippen LogP contribution in [0.5, 0.6) is 0 Å². The summed E-state index contributed by atoms with van der Waals surface area (Å²) in [5, 5.41) is 3.29. The van der Waals surface area contributed by atoms with Crippen LogP contribution in [0.4, 0.5) is 0 Å². The van der Waals surface area contributed by atoms with Gasteiger partial charge >= 0.3 is 0 Å². The van der Waals surface area contributed by atoms with Crippen LogP contribution in [0.3, 0.4) is 0 Å². The molecule has 1 heterocycles. The summed E-state index contributed by atoms with van der Waals surface area (Å²) in [6, 6.07) is 0. The van der Waals surface area contributed by atoms with Gasteiger partial charge in [0.25, 0.3) is 0 Å². The minimum atomic E-state index is 0.278. The Morgan fingerprint density at radius 3 is 2.59 bits per heavy atom. The monoisotopic (exact) mass is 241 g/mol. The van der Waals surface area contributed by atoms with Gasteiger partial charge in [-0.1, -0.05) is 32.6 Å². The number of Topliss-reactive ketones (excluding diaryl/α,β-unsaturated/α-hetero) is 1. The van der Waals surface area contributed by atoms with Crippen molar-refractivity contribution in [2.24, 2.45) is 0 Å². The summed E-state index contributed by atoms with van der Waals surface area (Å²) in [6.45, 7) is 4.59. The second-order valence-corrected chi connectivity index (χ2v) is 4.96. The molecule has 1 N–H and O–H groups in total. The molecule has 17 heavy (non-hydrogen) atoms. The third-order valence-corrected chi connectivity index (χ3v) is 3.33. The van der Waals surface area contributed by atoms with Gasteiger partial charge in [-0.3, -0.25) is 4.79 Å². The van der Waals surface area contributed by atoms with Gasteiger partial charge in [0.05, 0.1) is 6.10 Å². The lowest BCUT2D eigenvalue weighted by Crippen LogP contribution is -2.33. The van der Waals surface area contributed by atoms with Crippen LogP contribution in [-0.2, 0) is 9.53 Å². The van der Waals surface area contributed by atoms with Gasteiger partial charge in [-0.25, -0.2) is 0 Å². The largest absolute Gasteiger partial charge is 0.370 e. The summed E-state index contributed by atoms with van der Waals surface area (Å²) in [6.07, 6.45) is 9.13. The predicted octanol–water partition coefficient (Wildman–Crippen LogP) is 2.68. The standard InChI is InChI=1S/C14H27NO2/c1-2-3-4-5-6-7-13(16)12-17-14-8-10-15-11-9-14/h14-15H,2-12H2,1H3. The lowest BCUT2D eigenvalue weighted by molar-refractivity contribution is -0.126. The summed E-state index contributed by atoms with van der Waals surface area (Å²) in [4.78, 5) is 11.6. The van der Waals surface area contributed by atoms with Crippen molar-refractivity contribution in [1.82, 2.24) is 5.32 Å². The number of ether oxygens (including phenoxy) is 1. The van der Waals surface area contributed by atoms with Gasteiger partial charge in [0.15, 0.2) is 5.78 Å². The van der Waals surface area contributed by atoms with Crippen molar-refractivity contribution < 1.29 is 9.53 Å². The van der Waals surface area contributed by atoms with Crippen LogP contribution in [0.1, 0.15) is 58.3 Å². The molecule has 1 saturated heterocycles. The highest BCUT2D eigenvalue weighted by atomic mass is 16.5. The second-order valence-electron chi connectivity index (χ2n) is 4.96. The Morgan fingerprint density at radius 1 is 1.18 bits per heavy atom. The number of unbranched alkanes of at least 4 members (excludes halogenated alkanes) is 4. The Kier molecular flexibility index (Phi) is 8.28. The van der Waals surface area contributed by atoms with Crippen molar-refractivity contribution in [2.45, 2.75) is 64.4 Å². The molecule has 0 aromatic carbocycles. The number of carbonyl (C=O) groups excluding carboxylic acids is 1. The van der Waals surface area contributed by atoms with Crippen LogP contribution in [0, 0.1) is 0 Å². The van der Waals surface area contributed by atoms with Gasteiger partial charge in [-0.05, 0) is 32.4 Å². The Balaban J connectivity index is 1.93. The zero-order valence-corrected chi connectivity index (χ0v) is 11.2. The normalized spacial score (nSPS) is 17.2. The van der Waals surface area contributed by atoms with Crippen molar-refractivity contribution in [1.29, 1.82) is 0 Å². The highest BCUT2D eigenvalue weighted by Gasteiger charge is 2.14. The lowest BCUT2D eigenvalue weighted by Gasteiger charge is -2.22. The first-order valence-corrected chi connectivity index (χ1v) is 7.17. The molecule has 3 nitrogen and oxygen atoms in total. The van der Waals surface area contributed by atoms with Gasteiger partial charge in [0.2, 0.25) is 0 Å². The van der Waals surface area contributed by atoms with Crippen molar-refractivity contribution >= 4 is 5.78 Å². The van der Waals surface area contributed by atoms with Crippen molar-refractivity contribution in [2.75, 3.05) is 19.7 Å². The lowest BCUT2D eigenvalue weighted by atomic mass is 10.1. The van der Waals surface area contributed by atoms with E-state index in [1.165, 1.54) is 25.7 Å². The highest BCUT2D eigenvalue weighted by Crippen LogP contribution is 2.09. The van der Waals surface area contributed by atoms with Gasteiger partial charge < -0.3 is 10.1 Å². The van der Waals surface area contributed by atoms with Crippen LogP contribution in [0.2, 0.25) is 0 Å². The molecule has 1 fully saturated rings. The predicted molar refractivity (Wildman–Crippen MR) is 70.2 cm³/mol. The van der Waals surface area contributed by atoms with Crippen LogP contribution < -0.4 is 5.32 Å². The Morgan fingerprint density at radius 2 is 1.88 bits per heavy atom. The second kappa shape index (κ2) is 9.60. The van der Waals surface area contributed by atoms with Crippen LogP contribution in [-0.4, -0.2) is 31.6 Å². The Labute approximate surface area is 105 Å². The Bertz CT molecular complexity index is 200. The van der Waals surface area contributed by atoms with Crippen molar-refractivity contribution in [3.63, 3.8) is 0 Å². The number of rotatable bonds is 9. The van der Waals surface area contributed by atoms with Crippen LogP contribution in [0.25, 0.3) is 0 Å². The van der Waals surface area contributed by atoms with E-state index in [9.17, 15) is 4.79 Å². The van der Waals surface area contributed by atoms with E-state index >= 15 is 0 Å². The average Bonchev–Trinajstić information content (AvgIpc) is 2.37. The number of ketones is 1. The van der Waals surface area contributed by atoms with Crippen LogP contribution in [0.15, 0.2) is 0 Å². The summed E-state index contributed by atoms with van der Waals surface area (Å²) >= 11 is 0. The van der Waals surface area contributed by atoms with Crippen molar-refractivity contribution in [3.8, 4) is 0 Å². The molecule has 0 saturated carbocycles. The molecule has 1 aliphatic rings. The molecule has 0 unspecified atom stereocenters. The highest BCUT2D eigenvalue weighted by molar-refractivity contribution is 5.79. The molecule has 0 aromatic heterocycles. The molecular weight excluding hydrogens is 214 g/mol. The number of hydrogen-bond donors (Lipinski definition) is 1. The van der Waals surface area contributed by atoms with E-state index in [1.807, 2.05) is 0 Å². The molecule has 0 amide bonds. The topological polar surface area (TPSA) is 38.3 Å². The maximum Gasteiger partial charge on any atom is 0.158 e. The molecular formula is C14H27NO2. The molecule has 1 rings (SSSR count). The molecule has 100 valence electrons. The first-order chi connectivity index (χ1) is 8.33. The van der Waals surface area contributed by atoms with Gasteiger partial charge in [0.1, 0.15) is 6.61 Å². The fourth-order valence-electron chi connectivity index (χ4n) is 2.17. The molecule has 3 heteroatoms. The summed E-state index contributed by atoms with van der Waals surface area (Å²) in [7, 11) is 0. The van der Waals surface area contributed by atoms with Crippen molar-refractivity contribution in [3.05, 3.63) is 0 Å². The van der Waals surface area contributed by atoms with E-state index in [-0.39, 0.29) is 5.78 Å². The van der Waals surface area contributed by atoms with Gasteiger partial charge in [-0.15, -0.1) is 0 Å². The maximum atomic E-state index is 11.6. The number of nitrogens with one attached hydrogen (secondary N) is 1. The zero-order chi connectivity index (χ0) is 12.3. The summed E-state index contributed by atoms with van der Waals surface area (Å²) in [5.41, 5.74) is 0. The number of carbonyl (C=O) groups is 1. The first-order valence-electron chi connectivity index (χ1n) is 7.17. The SMILES string of the molecule is CCCCCCCC(=O)COC1CCNCC1. The fourth-order valence-corrected chi connectivity index (χ4v) is 2.17. The third-order valence-electron chi connectivity index (χ3n) is 3.33. The van der Waals surface area contributed by atoms with Gasteiger partial charge in [0, 0.05) is 6.42 Å². The fraction of sp³-hybridized carbons (Fsp3) is 0.929. The quantitative estimate of drug-likeness (QED) is 0.631. The smallest absolute Gasteiger partial charge is 0.158 e. The van der Waals surface area contributed by atoms with E-state index in [2.05, 4.69) is 12.2 Å². The minimum absolute atomic E-state index is 0.278. The summed E-state index contributed by atoms with van der Waals surface area (Å²) in [5.74, 6) is 0.278. The molecule has 0 aromatic rings. The van der Waals surface area contributed by atoms with E-state index < -0.39 is 0 Å². The van der Waals surface area contributed by atoms with E-state index in [1.54, 1.807) is 0 Å². The average molecular weight is 241 g/mol. The molecule has 0 atom stereocenters.